The van der Waals surface area contributed by atoms with Crippen LogP contribution in [0.4, 0.5) is 0 Å². The molecule has 2 heterocycles. The van der Waals surface area contributed by atoms with Gasteiger partial charge in [-0.1, -0.05) is 13.8 Å². The third-order valence-electron chi connectivity index (χ3n) is 5.01. The number of hydrogen-bond donors (Lipinski definition) is 2. The van der Waals surface area contributed by atoms with E-state index in [0.717, 1.165) is 77.7 Å². The summed E-state index contributed by atoms with van der Waals surface area (Å²) in [5.41, 5.74) is 0. The minimum Gasteiger partial charge on any atom is -0.381 e. The van der Waals surface area contributed by atoms with Crippen molar-refractivity contribution < 1.29 is 14.3 Å². The molecule has 1 amide bonds. The van der Waals surface area contributed by atoms with Crippen LogP contribution in [0.1, 0.15) is 39.5 Å². The Hall–Kier alpha value is -1.34. The predicted molar refractivity (Wildman–Crippen MR) is 103 cm³/mol. The Bertz CT molecular complexity index is 450. The molecular formula is C19H36N4O3. The van der Waals surface area contributed by atoms with Crippen LogP contribution >= 0.6 is 0 Å². The molecule has 2 fully saturated rings. The number of guanidine groups is 1. The van der Waals surface area contributed by atoms with Gasteiger partial charge in [0.15, 0.2) is 5.96 Å². The fraction of sp³-hybridized carbons (Fsp3) is 0.895. The number of carbonyl (C=O) groups excluding carboxylic acids is 1. The first-order chi connectivity index (χ1) is 12.6. The molecule has 0 bridgehead atoms. The third-order valence-corrected chi connectivity index (χ3v) is 5.01. The van der Waals surface area contributed by atoms with Crippen molar-refractivity contribution in [2.24, 2.45) is 16.8 Å². The minimum absolute atomic E-state index is 0.0623. The van der Waals surface area contributed by atoms with Crippen molar-refractivity contribution in [3.8, 4) is 0 Å². The molecule has 0 aliphatic carbocycles. The zero-order chi connectivity index (χ0) is 18.8. The van der Waals surface area contributed by atoms with Crippen LogP contribution in [0.3, 0.4) is 0 Å². The Morgan fingerprint density at radius 1 is 1.31 bits per heavy atom. The van der Waals surface area contributed by atoms with Gasteiger partial charge < -0.3 is 25.0 Å². The van der Waals surface area contributed by atoms with E-state index in [4.69, 9.17) is 9.47 Å². The summed E-state index contributed by atoms with van der Waals surface area (Å²) in [6, 6.07) is 0.272. The first-order valence-electron chi connectivity index (χ1n) is 10.0. The lowest BCUT2D eigenvalue weighted by molar-refractivity contribution is -0.133. The third kappa shape index (κ3) is 7.11. The number of hydrogen-bond acceptors (Lipinski definition) is 4. The van der Waals surface area contributed by atoms with Crippen molar-refractivity contribution in [3.63, 3.8) is 0 Å². The molecule has 2 rings (SSSR count). The van der Waals surface area contributed by atoms with E-state index in [-0.39, 0.29) is 17.9 Å². The van der Waals surface area contributed by atoms with Gasteiger partial charge in [-0.15, -0.1) is 0 Å². The van der Waals surface area contributed by atoms with Crippen molar-refractivity contribution in [2.75, 3.05) is 53.1 Å². The number of likely N-dealkylation sites (tertiary alicyclic amines) is 1. The molecular weight excluding hydrogens is 332 g/mol. The molecule has 150 valence electrons. The molecule has 26 heavy (non-hydrogen) atoms. The van der Waals surface area contributed by atoms with Crippen molar-refractivity contribution >= 4 is 11.9 Å². The molecule has 0 saturated carbocycles. The van der Waals surface area contributed by atoms with Crippen LogP contribution in [0.15, 0.2) is 4.99 Å². The van der Waals surface area contributed by atoms with Gasteiger partial charge in [-0.05, 0) is 31.6 Å². The second kappa shape index (κ2) is 11.4. The largest absolute Gasteiger partial charge is 0.381 e. The van der Waals surface area contributed by atoms with Crippen LogP contribution in [0.2, 0.25) is 0 Å². The summed E-state index contributed by atoms with van der Waals surface area (Å²) in [7, 11) is 1.78. The molecule has 2 N–H and O–H groups in total. The number of nitrogens with one attached hydrogen (secondary N) is 2. The highest BCUT2D eigenvalue weighted by atomic mass is 16.5. The summed E-state index contributed by atoms with van der Waals surface area (Å²) in [6.45, 7) is 9.67. The van der Waals surface area contributed by atoms with E-state index >= 15 is 0 Å². The summed E-state index contributed by atoms with van der Waals surface area (Å²) in [5, 5.41) is 6.76. The Morgan fingerprint density at radius 2 is 2.08 bits per heavy atom. The molecule has 1 unspecified atom stereocenters. The van der Waals surface area contributed by atoms with Crippen molar-refractivity contribution in [3.05, 3.63) is 0 Å². The van der Waals surface area contributed by atoms with E-state index in [1.54, 1.807) is 7.05 Å². The van der Waals surface area contributed by atoms with Gasteiger partial charge in [0.2, 0.25) is 5.91 Å². The lowest BCUT2D eigenvalue weighted by atomic mass is 10.0. The van der Waals surface area contributed by atoms with Gasteiger partial charge in [0.05, 0.1) is 0 Å². The lowest BCUT2D eigenvalue weighted by Gasteiger charge is -2.22. The van der Waals surface area contributed by atoms with Gasteiger partial charge in [-0.2, -0.15) is 0 Å². The lowest BCUT2D eigenvalue weighted by Crippen LogP contribution is -2.45. The van der Waals surface area contributed by atoms with Crippen LogP contribution in [0, 0.1) is 11.8 Å². The van der Waals surface area contributed by atoms with Gasteiger partial charge >= 0.3 is 0 Å². The minimum atomic E-state index is 0.0623. The average Bonchev–Trinajstić information content (AvgIpc) is 3.12. The molecule has 0 aromatic heterocycles. The van der Waals surface area contributed by atoms with Crippen LogP contribution in [0.5, 0.6) is 0 Å². The van der Waals surface area contributed by atoms with Crippen LogP contribution in [-0.4, -0.2) is 75.9 Å². The normalized spacial score (nSPS) is 22.1. The summed E-state index contributed by atoms with van der Waals surface area (Å²) < 4.78 is 11.1. The molecule has 0 aromatic carbocycles. The second-order valence-corrected chi connectivity index (χ2v) is 7.55. The van der Waals surface area contributed by atoms with E-state index < -0.39 is 0 Å². The Kier molecular flexibility index (Phi) is 9.18. The zero-order valence-corrected chi connectivity index (χ0v) is 16.6. The number of carbonyl (C=O) groups is 1. The standard InChI is InChI=1S/C19H36N4O3/c1-15(2)18(24)23-9-5-17(13-23)22-19(20-3)21-8-4-10-26-14-16-6-11-25-12-7-16/h15-17H,4-14H2,1-3H3,(H2,20,21,22). The zero-order valence-electron chi connectivity index (χ0n) is 16.6. The van der Waals surface area contributed by atoms with Crippen LogP contribution in [0.25, 0.3) is 0 Å². The predicted octanol–water partition coefficient (Wildman–Crippen LogP) is 1.24. The van der Waals surface area contributed by atoms with E-state index in [0.29, 0.717) is 5.92 Å². The highest BCUT2D eigenvalue weighted by Crippen LogP contribution is 2.15. The Morgan fingerprint density at radius 3 is 2.77 bits per heavy atom. The van der Waals surface area contributed by atoms with Gasteiger partial charge in [-0.25, -0.2) is 0 Å². The first kappa shape index (κ1) is 21.0. The van der Waals surface area contributed by atoms with Gasteiger partial charge in [0, 0.05) is 65.1 Å². The number of ether oxygens (including phenoxy) is 2. The molecule has 2 aliphatic heterocycles. The summed E-state index contributed by atoms with van der Waals surface area (Å²) in [4.78, 5) is 18.3. The maximum absolute atomic E-state index is 12.1. The van der Waals surface area contributed by atoms with Crippen molar-refractivity contribution in [1.82, 2.24) is 15.5 Å². The van der Waals surface area contributed by atoms with Crippen molar-refractivity contribution in [2.45, 2.75) is 45.6 Å². The van der Waals surface area contributed by atoms with E-state index in [1.807, 2.05) is 18.7 Å². The second-order valence-electron chi connectivity index (χ2n) is 7.55. The average molecular weight is 369 g/mol. The fourth-order valence-corrected chi connectivity index (χ4v) is 3.38. The van der Waals surface area contributed by atoms with Gasteiger partial charge in [0.1, 0.15) is 0 Å². The highest BCUT2D eigenvalue weighted by Gasteiger charge is 2.27. The molecule has 2 saturated heterocycles. The summed E-state index contributed by atoms with van der Waals surface area (Å²) in [5.74, 6) is 1.76. The first-order valence-corrected chi connectivity index (χ1v) is 10.0. The smallest absolute Gasteiger partial charge is 0.225 e. The van der Waals surface area contributed by atoms with Crippen LogP contribution < -0.4 is 10.6 Å². The summed E-state index contributed by atoms with van der Waals surface area (Å²) in [6.07, 6.45) is 4.15. The molecule has 2 aliphatic rings. The maximum Gasteiger partial charge on any atom is 0.225 e. The van der Waals surface area contributed by atoms with Gasteiger partial charge in [0.25, 0.3) is 0 Å². The fourth-order valence-electron chi connectivity index (χ4n) is 3.38. The molecule has 0 spiro atoms. The Labute approximate surface area is 157 Å². The van der Waals surface area contributed by atoms with Crippen LogP contribution in [-0.2, 0) is 14.3 Å². The van der Waals surface area contributed by atoms with E-state index in [9.17, 15) is 4.79 Å². The number of nitrogens with zero attached hydrogens (tertiary/aromatic N) is 2. The summed E-state index contributed by atoms with van der Waals surface area (Å²) >= 11 is 0. The number of rotatable bonds is 8. The maximum atomic E-state index is 12.1. The Balaban J connectivity index is 1.54. The van der Waals surface area contributed by atoms with Crippen molar-refractivity contribution in [1.29, 1.82) is 0 Å². The quantitative estimate of drug-likeness (QED) is 0.383. The number of amides is 1. The van der Waals surface area contributed by atoms with Gasteiger partial charge in [-0.3, -0.25) is 9.79 Å². The van der Waals surface area contributed by atoms with E-state index in [2.05, 4.69) is 15.6 Å². The molecule has 7 nitrogen and oxygen atoms in total. The topological polar surface area (TPSA) is 75.2 Å². The molecule has 1 atom stereocenters. The molecule has 7 heteroatoms. The monoisotopic (exact) mass is 368 g/mol. The molecule has 0 aromatic rings. The SMILES string of the molecule is CN=C(NCCCOCC1CCOCC1)NC1CCN(C(=O)C(C)C)C1. The number of aliphatic imine (C=N–C) groups is 1. The van der Waals surface area contributed by atoms with E-state index in [1.165, 1.54) is 0 Å². The highest BCUT2D eigenvalue weighted by molar-refractivity contribution is 5.81. The molecule has 0 radical (unpaired) electrons.